The van der Waals surface area contributed by atoms with E-state index >= 15 is 0 Å². The van der Waals surface area contributed by atoms with Gasteiger partial charge in [0.25, 0.3) is 5.91 Å². The van der Waals surface area contributed by atoms with Gasteiger partial charge in [-0.3, -0.25) is 9.69 Å². The van der Waals surface area contributed by atoms with Crippen LogP contribution in [0.3, 0.4) is 0 Å². The lowest BCUT2D eigenvalue weighted by Crippen LogP contribution is -2.40. The molecule has 2 heterocycles. The second-order valence-electron chi connectivity index (χ2n) is 6.27. The summed E-state index contributed by atoms with van der Waals surface area (Å²) in [6.07, 6.45) is 2.26. The summed E-state index contributed by atoms with van der Waals surface area (Å²) in [7, 11) is 0. The molecule has 5 nitrogen and oxygen atoms in total. The molecule has 1 amide bonds. The first kappa shape index (κ1) is 17.9. The number of carbonyl (C=O) groups excluding carboxylic acids is 1. The first-order valence-corrected chi connectivity index (χ1v) is 8.92. The van der Waals surface area contributed by atoms with E-state index in [9.17, 15) is 9.18 Å². The third-order valence-corrected chi connectivity index (χ3v) is 5.05. The van der Waals surface area contributed by atoms with Gasteiger partial charge in [0, 0.05) is 12.6 Å². The Labute approximate surface area is 151 Å². The van der Waals surface area contributed by atoms with Crippen molar-refractivity contribution in [2.75, 3.05) is 19.6 Å². The number of nitrogens with one attached hydrogen (secondary N) is 1. The second-order valence-corrected chi connectivity index (χ2v) is 6.63. The summed E-state index contributed by atoms with van der Waals surface area (Å²) in [5.41, 5.74) is 1.53. The lowest BCUT2D eigenvalue weighted by molar-refractivity contribution is 0.0941. The minimum atomic E-state index is -0.334. The Morgan fingerprint density at radius 1 is 1.40 bits per heavy atom. The number of amides is 1. The normalized spacial score (nSPS) is 17.8. The average Bonchev–Trinajstić information content (AvgIpc) is 3.17. The Bertz CT molecular complexity index is 759. The quantitative estimate of drug-likeness (QED) is 0.886. The second kappa shape index (κ2) is 7.54. The van der Waals surface area contributed by atoms with Crippen molar-refractivity contribution in [1.82, 2.24) is 20.0 Å². The van der Waals surface area contributed by atoms with Gasteiger partial charge in [-0.2, -0.15) is 5.10 Å². The summed E-state index contributed by atoms with van der Waals surface area (Å²) in [4.78, 5) is 15.0. The zero-order chi connectivity index (χ0) is 18.0. The van der Waals surface area contributed by atoms with Gasteiger partial charge < -0.3 is 5.32 Å². The van der Waals surface area contributed by atoms with Crippen molar-refractivity contribution in [2.24, 2.45) is 0 Å². The number of aromatic nitrogens is 2. The van der Waals surface area contributed by atoms with Gasteiger partial charge in [0.1, 0.15) is 11.0 Å². The van der Waals surface area contributed by atoms with Gasteiger partial charge in [-0.05, 0) is 57.1 Å². The Morgan fingerprint density at radius 3 is 2.80 bits per heavy atom. The van der Waals surface area contributed by atoms with Crippen LogP contribution < -0.4 is 5.32 Å². The molecule has 7 heteroatoms. The number of likely N-dealkylation sites (N-methyl/N-ethyl adjacent to an activating group) is 1. The molecule has 1 fully saturated rings. The largest absolute Gasteiger partial charge is 0.350 e. The number of likely N-dealkylation sites (tertiary alicyclic amines) is 1. The minimum absolute atomic E-state index is 0.223. The number of hydrogen-bond donors (Lipinski definition) is 1. The number of carbonyl (C=O) groups is 1. The highest BCUT2D eigenvalue weighted by Crippen LogP contribution is 2.24. The molecule has 25 heavy (non-hydrogen) atoms. The molecule has 0 spiro atoms. The number of hydrogen-bond acceptors (Lipinski definition) is 3. The molecule has 1 aliphatic rings. The molecule has 2 aromatic rings. The molecule has 0 unspecified atom stereocenters. The first-order chi connectivity index (χ1) is 12.0. The molecular weight excluding hydrogens is 343 g/mol. The van der Waals surface area contributed by atoms with E-state index in [-0.39, 0.29) is 16.9 Å². The van der Waals surface area contributed by atoms with Gasteiger partial charge in [-0.1, -0.05) is 18.5 Å². The average molecular weight is 365 g/mol. The van der Waals surface area contributed by atoms with E-state index in [4.69, 9.17) is 11.6 Å². The van der Waals surface area contributed by atoms with E-state index in [1.807, 2.05) is 0 Å². The molecule has 1 aromatic carbocycles. The maximum atomic E-state index is 13.1. The molecule has 1 aromatic heterocycles. The van der Waals surface area contributed by atoms with E-state index in [1.165, 1.54) is 16.8 Å². The van der Waals surface area contributed by atoms with E-state index < -0.39 is 0 Å². The molecule has 1 N–H and O–H groups in total. The fourth-order valence-electron chi connectivity index (χ4n) is 3.35. The predicted molar refractivity (Wildman–Crippen MR) is 95.9 cm³/mol. The van der Waals surface area contributed by atoms with Crippen molar-refractivity contribution >= 4 is 17.5 Å². The van der Waals surface area contributed by atoms with Crippen LogP contribution >= 0.6 is 11.6 Å². The Hall–Kier alpha value is -1.92. The number of rotatable bonds is 5. The standard InChI is InChI=1S/C18H22ClFN4O/c1-3-23-10-4-5-15(23)11-21-18(25)16-12(2)22-24(17(16)19)14-8-6-13(20)7-9-14/h6-9,15H,3-5,10-11H2,1-2H3,(H,21,25)/t15-/m1/s1. The molecule has 0 radical (unpaired) electrons. The van der Waals surface area contributed by atoms with Crippen molar-refractivity contribution in [3.05, 3.63) is 46.5 Å². The molecule has 0 bridgehead atoms. The van der Waals surface area contributed by atoms with E-state index in [2.05, 4.69) is 22.2 Å². The first-order valence-electron chi connectivity index (χ1n) is 8.54. The molecule has 1 atom stereocenters. The van der Waals surface area contributed by atoms with Crippen molar-refractivity contribution in [2.45, 2.75) is 32.7 Å². The van der Waals surface area contributed by atoms with Gasteiger partial charge in [0.15, 0.2) is 0 Å². The number of nitrogens with zero attached hydrogens (tertiary/aromatic N) is 3. The number of aryl methyl sites for hydroxylation is 1. The van der Waals surface area contributed by atoms with Crippen molar-refractivity contribution < 1.29 is 9.18 Å². The number of benzene rings is 1. The van der Waals surface area contributed by atoms with E-state index in [1.54, 1.807) is 19.1 Å². The summed E-state index contributed by atoms with van der Waals surface area (Å²) in [6.45, 7) is 6.55. The van der Waals surface area contributed by atoms with Crippen LogP contribution in [0, 0.1) is 12.7 Å². The van der Waals surface area contributed by atoms with Crippen LogP contribution in [0.15, 0.2) is 24.3 Å². The maximum Gasteiger partial charge on any atom is 0.256 e. The van der Waals surface area contributed by atoms with Gasteiger partial charge in [0.05, 0.1) is 16.9 Å². The lowest BCUT2D eigenvalue weighted by atomic mass is 10.2. The van der Waals surface area contributed by atoms with Crippen LogP contribution in [0.1, 0.15) is 35.8 Å². The van der Waals surface area contributed by atoms with Crippen LogP contribution in [0.5, 0.6) is 0 Å². The summed E-state index contributed by atoms with van der Waals surface area (Å²) >= 11 is 6.39. The molecule has 1 saturated heterocycles. The Morgan fingerprint density at radius 2 is 2.12 bits per heavy atom. The fraction of sp³-hybridized carbons (Fsp3) is 0.444. The van der Waals surface area contributed by atoms with Crippen LogP contribution in [-0.4, -0.2) is 46.3 Å². The SMILES string of the molecule is CCN1CCC[C@@H]1CNC(=O)c1c(C)nn(-c2ccc(F)cc2)c1Cl. The predicted octanol–water partition coefficient (Wildman–Crippen LogP) is 3.19. The monoisotopic (exact) mass is 364 g/mol. The third kappa shape index (κ3) is 3.70. The van der Waals surface area contributed by atoms with Crippen LogP contribution in [0.2, 0.25) is 5.15 Å². The summed E-state index contributed by atoms with van der Waals surface area (Å²) in [5.74, 6) is -0.558. The zero-order valence-electron chi connectivity index (χ0n) is 14.4. The lowest BCUT2D eigenvalue weighted by Gasteiger charge is -2.22. The van der Waals surface area contributed by atoms with E-state index in [0.29, 0.717) is 29.5 Å². The molecule has 0 aliphatic carbocycles. The highest BCUT2D eigenvalue weighted by atomic mass is 35.5. The number of halogens is 2. The van der Waals surface area contributed by atoms with Gasteiger partial charge in [0.2, 0.25) is 0 Å². The Balaban J connectivity index is 1.75. The smallest absolute Gasteiger partial charge is 0.256 e. The van der Waals surface area contributed by atoms with Crippen LogP contribution in [-0.2, 0) is 0 Å². The van der Waals surface area contributed by atoms with Gasteiger partial charge in [-0.15, -0.1) is 0 Å². The topological polar surface area (TPSA) is 50.2 Å². The zero-order valence-corrected chi connectivity index (χ0v) is 15.2. The Kier molecular flexibility index (Phi) is 5.39. The van der Waals surface area contributed by atoms with E-state index in [0.717, 1.165) is 25.9 Å². The molecular formula is C18H22ClFN4O. The van der Waals surface area contributed by atoms with Crippen molar-refractivity contribution in [3.63, 3.8) is 0 Å². The van der Waals surface area contributed by atoms with Crippen molar-refractivity contribution in [3.8, 4) is 5.69 Å². The molecule has 3 rings (SSSR count). The van der Waals surface area contributed by atoms with Crippen molar-refractivity contribution in [1.29, 1.82) is 0 Å². The maximum absolute atomic E-state index is 13.1. The summed E-state index contributed by atoms with van der Waals surface area (Å²) in [5, 5.41) is 7.55. The van der Waals surface area contributed by atoms with Gasteiger partial charge in [-0.25, -0.2) is 9.07 Å². The summed E-state index contributed by atoms with van der Waals surface area (Å²) < 4.78 is 14.6. The van der Waals surface area contributed by atoms with Gasteiger partial charge >= 0.3 is 0 Å². The summed E-state index contributed by atoms with van der Waals surface area (Å²) in [6, 6.07) is 6.20. The highest BCUT2D eigenvalue weighted by molar-refractivity contribution is 6.33. The highest BCUT2D eigenvalue weighted by Gasteiger charge is 2.25. The molecule has 1 aliphatic heterocycles. The fourth-order valence-corrected chi connectivity index (χ4v) is 3.71. The molecule has 0 saturated carbocycles. The van der Waals surface area contributed by atoms with Crippen LogP contribution in [0.4, 0.5) is 4.39 Å². The molecule has 134 valence electrons. The van der Waals surface area contributed by atoms with Crippen LogP contribution in [0.25, 0.3) is 5.69 Å². The minimum Gasteiger partial charge on any atom is -0.350 e. The third-order valence-electron chi connectivity index (χ3n) is 4.71.